The fourth-order valence-corrected chi connectivity index (χ4v) is 6.09. The Morgan fingerprint density at radius 3 is 1.89 bits per heavy atom. The molecule has 38 heavy (non-hydrogen) atoms. The van der Waals surface area contributed by atoms with Crippen molar-refractivity contribution in [2.75, 3.05) is 39.5 Å². The molecule has 1 heterocycles. The third-order valence-electron chi connectivity index (χ3n) is 6.81. The molecule has 0 amide bonds. The zero-order valence-electron chi connectivity index (χ0n) is 22.6. The van der Waals surface area contributed by atoms with Gasteiger partial charge in [0.05, 0.1) is 31.3 Å². The van der Waals surface area contributed by atoms with Crippen LogP contribution in [0.3, 0.4) is 0 Å². The summed E-state index contributed by atoms with van der Waals surface area (Å²) in [7, 11) is -4.20. The molecule has 1 atom stereocenters. The predicted molar refractivity (Wildman–Crippen MR) is 153 cm³/mol. The predicted octanol–water partition coefficient (Wildman–Crippen LogP) is 6.51. The van der Waals surface area contributed by atoms with Crippen LogP contribution < -0.4 is 0 Å². The van der Waals surface area contributed by atoms with Gasteiger partial charge in [-0.25, -0.2) is 9.09 Å². The van der Waals surface area contributed by atoms with Gasteiger partial charge in [-0.15, -0.1) is 0 Å². The monoisotopic (exact) mass is 535 g/mol. The zero-order chi connectivity index (χ0) is 27.1. The second-order valence-electron chi connectivity index (χ2n) is 11.0. The molecule has 3 aromatic rings. The molecular formula is C31H40N2O4P+. The van der Waals surface area contributed by atoms with Crippen LogP contribution in [0.2, 0.25) is 0 Å². The Bertz CT molecular complexity index is 1170. The molecule has 0 aliphatic carbocycles. The van der Waals surface area contributed by atoms with E-state index in [1.807, 2.05) is 30.3 Å². The van der Waals surface area contributed by atoms with Crippen molar-refractivity contribution in [1.82, 2.24) is 4.90 Å². The van der Waals surface area contributed by atoms with E-state index in [0.717, 1.165) is 31.7 Å². The quantitative estimate of drug-likeness (QED) is 0.237. The molecule has 0 saturated carbocycles. The number of rotatable bonds is 10. The lowest BCUT2D eigenvalue weighted by atomic mass is 9.96. The number of phosphoric acid groups is 1. The smallest absolute Gasteiger partial charge is 0.302 e. The molecule has 1 aliphatic rings. The lowest BCUT2D eigenvalue weighted by molar-refractivity contribution is -0.941. The highest BCUT2D eigenvalue weighted by Gasteiger charge is 2.39. The van der Waals surface area contributed by atoms with Crippen LogP contribution in [0.15, 0.2) is 97.1 Å². The van der Waals surface area contributed by atoms with Crippen LogP contribution in [-0.4, -0.2) is 59.3 Å². The number of nitrogens with zero attached hydrogens (tertiary/aromatic N) is 2. The van der Waals surface area contributed by atoms with Crippen molar-refractivity contribution in [3.63, 3.8) is 0 Å². The maximum atomic E-state index is 12.7. The maximum Gasteiger partial charge on any atom is 0.477 e. The van der Waals surface area contributed by atoms with Crippen LogP contribution in [0.4, 0.5) is 0 Å². The number of hydrogen-bond donors (Lipinski definition) is 1. The van der Waals surface area contributed by atoms with Crippen LogP contribution in [0.5, 0.6) is 0 Å². The second-order valence-corrected chi connectivity index (χ2v) is 12.4. The normalized spacial score (nSPS) is 18.0. The first-order chi connectivity index (χ1) is 18.1. The Hall–Kier alpha value is -2.57. The van der Waals surface area contributed by atoms with Gasteiger partial charge in [0.25, 0.3) is 0 Å². The Morgan fingerprint density at radius 2 is 1.39 bits per heavy atom. The van der Waals surface area contributed by atoms with Crippen LogP contribution in [0, 0.1) is 0 Å². The third-order valence-corrected chi connectivity index (χ3v) is 8.03. The van der Waals surface area contributed by atoms with Crippen molar-refractivity contribution in [3.8, 4) is 0 Å². The van der Waals surface area contributed by atoms with E-state index >= 15 is 0 Å². The summed E-state index contributed by atoms with van der Waals surface area (Å²) < 4.78 is 24.3. The van der Waals surface area contributed by atoms with Gasteiger partial charge in [-0.05, 0) is 43.5 Å². The molecule has 0 spiro atoms. The summed E-state index contributed by atoms with van der Waals surface area (Å²) in [5.74, 6) is 0. The summed E-state index contributed by atoms with van der Waals surface area (Å²) in [5, 5.41) is 0. The molecule has 1 unspecified atom stereocenters. The van der Waals surface area contributed by atoms with E-state index in [1.54, 1.807) is 20.8 Å². The minimum atomic E-state index is -4.20. The Kier molecular flexibility index (Phi) is 9.37. The minimum absolute atomic E-state index is 0.109. The SMILES string of the molecule is CC(C)(C)OP(=O)(O)OC[N+]1(C/C=C/c2ccccc2)CCN(C(c2ccccc2)c2ccccc2)CC1. The Morgan fingerprint density at radius 1 is 0.895 bits per heavy atom. The lowest BCUT2D eigenvalue weighted by Crippen LogP contribution is -2.60. The van der Waals surface area contributed by atoms with E-state index in [0.29, 0.717) is 11.0 Å². The molecule has 0 radical (unpaired) electrons. The van der Waals surface area contributed by atoms with Crippen molar-refractivity contribution < 1.29 is 23.0 Å². The number of quaternary nitrogens is 1. The van der Waals surface area contributed by atoms with Gasteiger partial charge in [0.1, 0.15) is 0 Å². The molecule has 202 valence electrons. The molecule has 1 N–H and O–H groups in total. The van der Waals surface area contributed by atoms with E-state index in [2.05, 4.69) is 77.7 Å². The van der Waals surface area contributed by atoms with Crippen molar-refractivity contribution >= 4 is 13.9 Å². The Balaban J connectivity index is 1.53. The van der Waals surface area contributed by atoms with Gasteiger partial charge in [-0.2, -0.15) is 0 Å². The van der Waals surface area contributed by atoms with Crippen molar-refractivity contribution in [3.05, 3.63) is 114 Å². The number of piperazine rings is 1. The van der Waals surface area contributed by atoms with Gasteiger partial charge < -0.3 is 4.89 Å². The molecule has 6 nitrogen and oxygen atoms in total. The van der Waals surface area contributed by atoms with Gasteiger partial charge >= 0.3 is 7.82 Å². The van der Waals surface area contributed by atoms with E-state index in [-0.39, 0.29) is 12.8 Å². The van der Waals surface area contributed by atoms with Crippen molar-refractivity contribution in [2.45, 2.75) is 32.4 Å². The van der Waals surface area contributed by atoms with Gasteiger partial charge in [-0.3, -0.25) is 13.9 Å². The maximum absolute atomic E-state index is 12.7. The lowest BCUT2D eigenvalue weighted by Gasteiger charge is -2.46. The summed E-state index contributed by atoms with van der Waals surface area (Å²) in [6.45, 7) is 9.27. The van der Waals surface area contributed by atoms with Gasteiger partial charge in [0, 0.05) is 13.1 Å². The summed E-state index contributed by atoms with van der Waals surface area (Å²) in [6.07, 6.45) is 4.25. The molecule has 1 fully saturated rings. The highest BCUT2D eigenvalue weighted by molar-refractivity contribution is 7.47. The molecule has 7 heteroatoms. The molecule has 4 rings (SSSR count). The second kappa shape index (κ2) is 12.5. The number of phosphoric ester groups is 1. The van der Waals surface area contributed by atoms with Crippen LogP contribution in [0.1, 0.15) is 43.5 Å². The molecule has 1 aliphatic heterocycles. The first kappa shape index (κ1) is 28.4. The highest BCUT2D eigenvalue weighted by Crippen LogP contribution is 2.47. The average molecular weight is 536 g/mol. The van der Waals surface area contributed by atoms with E-state index in [1.165, 1.54) is 11.1 Å². The third kappa shape index (κ3) is 8.21. The Labute approximate surface area is 227 Å². The summed E-state index contributed by atoms with van der Waals surface area (Å²) in [4.78, 5) is 12.9. The first-order valence-electron chi connectivity index (χ1n) is 13.2. The number of benzene rings is 3. The van der Waals surface area contributed by atoms with Crippen molar-refractivity contribution in [1.29, 1.82) is 0 Å². The molecule has 0 aromatic heterocycles. The standard InChI is InChI=1S/C31H39N2O4P/c1-31(2,3)37-38(34,35)36-26-33(23-13-16-27-14-7-4-8-15-27)24-21-32(22-25-33)30(28-17-9-5-10-18-28)29-19-11-6-12-20-29/h4-20,30H,21-26H2,1-3H3/p+1/b16-13+. The summed E-state index contributed by atoms with van der Waals surface area (Å²) >= 11 is 0. The van der Waals surface area contributed by atoms with Crippen molar-refractivity contribution in [2.24, 2.45) is 0 Å². The fourth-order valence-electron chi connectivity index (χ4n) is 4.96. The fraction of sp³-hybridized carbons (Fsp3) is 0.355. The first-order valence-corrected chi connectivity index (χ1v) is 14.7. The number of hydrogen-bond acceptors (Lipinski definition) is 4. The van der Waals surface area contributed by atoms with Crippen LogP contribution >= 0.6 is 7.82 Å². The summed E-state index contributed by atoms with van der Waals surface area (Å²) in [6, 6.07) is 31.5. The van der Waals surface area contributed by atoms with Gasteiger partial charge in [-0.1, -0.05) is 97.1 Å². The molecular weight excluding hydrogens is 495 g/mol. The molecule has 1 saturated heterocycles. The largest absolute Gasteiger partial charge is 0.477 e. The summed E-state index contributed by atoms with van der Waals surface area (Å²) in [5.41, 5.74) is 2.87. The average Bonchev–Trinajstić information content (AvgIpc) is 2.90. The topological polar surface area (TPSA) is 59.0 Å². The van der Waals surface area contributed by atoms with Gasteiger partial charge in [0.2, 0.25) is 0 Å². The van der Waals surface area contributed by atoms with Crippen LogP contribution in [0.25, 0.3) is 6.08 Å². The molecule has 3 aromatic carbocycles. The van der Waals surface area contributed by atoms with E-state index < -0.39 is 13.4 Å². The van der Waals surface area contributed by atoms with Gasteiger partial charge in [0.15, 0.2) is 6.73 Å². The zero-order valence-corrected chi connectivity index (χ0v) is 23.5. The minimum Gasteiger partial charge on any atom is -0.302 e. The van der Waals surface area contributed by atoms with Crippen LogP contribution in [-0.2, 0) is 13.6 Å². The van der Waals surface area contributed by atoms with E-state index in [9.17, 15) is 9.46 Å². The molecule has 0 bridgehead atoms. The van der Waals surface area contributed by atoms with E-state index in [4.69, 9.17) is 9.05 Å². The highest BCUT2D eigenvalue weighted by atomic mass is 31.2.